The van der Waals surface area contributed by atoms with Crippen LogP contribution in [-0.4, -0.2) is 58.4 Å². The maximum atomic E-state index is 12.9. The molecule has 0 saturated carbocycles. The van der Waals surface area contributed by atoms with Crippen LogP contribution in [0.25, 0.3) is 5.78 Å². The monoisotopic (exact) mass is 428 g/mol. The average molecular weight is 428 g/mol. The molecular formula is C20H20N4O5S. The van der Waals surface area contributed by atoms with Crippen molar-refractivity contribution in [2.75, 3.05) is 27.1 Å². The lowest BCUT2D eigenvalue weighted by atomic mass is 9.82. The van der Waals surface area contributed by atoms with Crippen LogP contribution >= 0.6 is 11.8 Å². The highest BCUT2D eigenvalue weighted by molar-refractivity contribution is 7.99. The summed E-state index contributed by atoms with van der Waals surface area (Å²) in [6.45, 7) is 0. The van der Waals surface area contributed by atoms with E-state index in [2.05, 4.69) is 19.8 Å². The van der Waals surface area contributed by atoms with Gasteiger partial charge in [0, 0.05) is 24.6 Å². The highest BCUT2D eigenvalue weighted by Gasteiger charge is 2.30. The first kappa shape index (κ1) is 20.1. The van der Waals surface area contributed by atoms with Crippen molar-refractivity contribution in [3.05, 3.63) is 41.2 Å². The first-order chi connectivity index (χ1) is 14.5. The van der Waals surface area contributed by atoms with Crippen molar-refractivity contribution >= 4 is 29.3 Å². The molecule has 30 heavy (non-hydrogen) atoms. The van der Waals surface area contributed by atoms with E-state index in [-0.39, 0.29) is 23.4 Å². The van der Waals surface area contributed by atoms with Crippen LogP contribution in [0.3, 0.4) is 0 Å². The molecule has 10 heteroatoms. The normalized spacial score (nSPS) is 15.7. The fraction of sp³-hybridized carbons (Fsp3) is 0.350. The molecule has 0 amide bonds. The van der Waals surface area contributed by atoms with Crippen LogP contribution in [0.5, 0.6) is 11.5 Å². The number of methoxy groups -OCH3 is 3. The molecule has 9 nitrogen and oxygen atoms in total. The number of benzene rings is 1. The molecule has 4 rings (SSSR count). The minimum Gasteiger partial charge on any atom is -0.497 e. The number of aromatic nitrogens is 4. The molecule has 0 bridgehead atoms. The fourth-order valence-corrected chi connectivity index (χ4v) is 4.14. The van der Waals surface area contributed by atoms with E-state index in [1.165, 1.54) is 11.6 Å². The number of Topliss-reactive ketones (excluding diaryl/α,β-unsaturated/α-hetero) is 1. The summed E-state index contributed by atoms with van der Waals surface area (Å²) in [6, 6.07) is 5.60. The molecule has 0 unspecified atom stereocenters. The third-order valence-electron chi connectivity index (χ3n) is 4.99. The van der Waals surface area contributed by atoms with E-state index < -0.39 is 0 Å². The topological polar surface area (TPSA) is 105 Å². The van der Waals surface area contributed by atoms with Crippen LogP contribution < -0.4 is 9.47 Å². The number of carbonyl (C=O) groups is 2. The molecule has 0 aliphatic heterocycles. The summed E-state index contributed by atoms with van der Waals surface area (Å²) in [5.74, 6) is 1.43. The summed E-state index contributed by atoms with van der Waals surface area (Å²) in [7, 11) is 4.53. The van der Waals surface area contributed by atoms with Gasteiger partial charge in [-0.3, -0.25) is 9.59 Å². The van der Waals surface area contributed by atoms with Gasteiger partial charge in [-0.25, -0.2) is 9.50 Å². The maximum absolute atomic E-state index is 12.9. The van der Waals surface area contributed by atoms with Gasteiger partial charge >= 0.3 is 5.97 Å². The number of ether oxygens (including phenoxy) is 3. The number of hydrogen-bond acceptors (Lipinski definition) is 9. The molecule has 2 heterocycles. The van der Waals surface area contributed by atoms with Gasteiger partial charge < -0.3 is 14.2 Å². The zero-order valence-electron chi connectivity index (χ0n) is 16.7. The molecule has 1 aliphatic carbocycles. The van der Waals surface area contributed by atoms with E-state index in [1.54, 1.807) is 20.4 Å². The Hall–Kier alpha value is -3.14. The standard InChI is InChI=1S/C20H20N4O5S/c1-27-12-4-5-13(17(8-12)28-2)11-6-15-14(16(25)7-11)9-24-19(21-15)22-20(23-24)30-10-18(26)29-3/h4-5,8-9,11H,6-7,10H2,1-3H3/t11-/m0/s1. The second kappa shape index (κ2) is 8.31. The average Bonchev–Trinajstić information content (AvgIpc) is 3.17. The quantitative estimate of drug-likeness (QED) is 0.432. The molecule has 0 spiro atoms. The van der Waals surface area contributed by atoms with Gasteiger partial charge in [-0.05, 0) is 18.1 Å². The lowest BCUT2D eigenvalue weighted by molar-refractivity contribution is -0.137. The van der Waals surface area contributed by atoms with Crippen molar-refractivity contribution in [1.29, 1.82) is 0 Å². The highest BCUT2D eigenvalue weighted by Crippen LogP contribution is 2.38. The zero-order chi connectivity index (χ0) is 21.3. The highest BCUT2D eigenvalue weighted by atomic mass is 32.2. The van der Waals surface area contributed by atoms with Gasteiger partial charge in [0.25, 0.3) is 5.78 Å². The number of rotatable bonds is 6. The number of carbonyl (C=O) groups excluding carboxylic acids is 2. The Morgan fingerprint density at radius 1 is 1.20 bits per heavy atom. The maximum Gasteiger partial charge on any atom is 0.316 e. The number of ketones is 1. The summed E-state index contributed by atoms with van der Waals surface area (Å²) in [5, 5.41) is 4.70. The van der Waals surface area contributed by atoms with Gasteiger partial charge in [-0.1, -0.05) is 17.8 Å². The number of nitrogens with zero attached hydrogens (tertiary/aromatic N) is 4. The summed E-state index contributed by atoms with van der Waals surface area (Å²) in [5.41, 5.74) is 2.16. The first-order valence-corrected chi connectivity index (χ1v) is 10.2. The Morgan fingerprint density at radius 2 is 2.03 bits per heavy atom. The Balaban J connectivity index is 1.64. The van der Waals surface area contributed by atoms with Gasteiger partial charge in [0.1, 0.15) is 11.5 Å². The molecular weight excluding hydrogens is 408 g/mol. The van der Waals surface area contributed by atoms with Gasteiger partial charge in [-0.2, -0.15) is 4.98 Å². The third kappa shape index (κ3) is 3.82. The summed E-state index contributed by atoms with van der Waals surface area (Å²) >= 11 is 1.16. The molecule has 2 aromatic heterocycles. The van der Waals surface area contributed by atoms with E-state index in [0.29, 0.717) is 46.5 Å². The minimum absolute atomic E-state index is 0.00668. The van der Waals surface area contributed by atoms with E-state index >= 15 is 0 Å². The van der Waals surface area contributed by atoms with Crippen molar-refractivity contribution in [3.63, 3.8) is 0 Å². The summed E-state index contributed by atoms with van der Waals surface area (Å²) in [6.07, 6.45) is 2.59. The van der Waals surface area contributed by atoms with Crippen molar-refractivity contribution in [3.8, 4) is 11.5 Å². The van der Waals surface area contributed by atoms with Crippen LogP contribution in [-0.2, 0) is 16.0 Å². The lowest BCUT2D eigenvalue weighted by Gasteiger charge is -2.24. The van der Waals surface area contributed by atoms with E-state index in [9.17, 15) is 9.59 Å². The van der Waals surface area contributed by atoms with Gasteiger partial charge in [0.15, 0.2) is 5.78 Å². The second-order valence-electron chi connectivity index (χ2n) is 6.74. The van der Waals surface area contributed by atoms with Crippen LogP contribution in [0.15, 0.2) is 29.6 Å². The molecule has 3 aromatic rings. The molecule has 0 radical (unpaired) electrons. The number of esters is 1. The Kier molecular flexibility index (Phi) is 5.58. The number of hydrogen-bond donors (Lipinski definition) is 0. The predicted octanol–water partition coefficient (Wildman–Crippen LogP) is 2.32. The van der Waals surface area contributed by atoms with Crippen LogP contribution in [0, 0.1) is 0 Å². The molecule has 0 saturated heterocycles. The van der Waals surface area contributed by atoms with E-state index in [4.69, 9.17) is 9.47 Å². The van der Waals surface area contributed by atoms with Gasteiger partial charge in [0.05, 0.1) is 38.3 Å². The predicted molar refractivity (Wildman–Crippen MR) is 108 cm³/mol. The zero-order valence-corrected chi connectivity index (χ0v) is 17.6. The Labute approximate surface area is 176 Å². The number of thioether (sulfide) groups is 1. The molecule has 0 fully saturated rings. The summed E-state index contributed by atoms with van der Waals surface area (Å²) in [4.78, 5) is 33.1. The smallest absolute Gasteiger partial charge is 0.316 e. The Morgan fingerprint density at radius 3 is 2.77 bits per heavy atom. The largest absolute Gasteiger partial charge is 0.497 e. The minimum atomic E-state index is -0.363. The van der Waals surface area contributed by atoms with E-state index in [1.807, 2.05) is 18.2 Å². The van der Waals surface area contributed by atoms with Crippen molar-refractivity contribution < 1.29 is 23.8 Å². The van der Waals surface area contributed by atoms with Crippen molar-refractivity contribution in [2.45, 2.75) is 23.9 Å². The van der Waals surface area contributed by atoms with Crippen LogP contribution in [0.2, 0.25) is 0 Å². The number of fused-ring (bicyclic) bond motifs is 2. The van der Waals surface area contributed by atoms with Gasteiger partial charge in [0.2, 0.25) is 5.16 Å². The molecule has 156 valence electrons. The first-order valence-electron chi connectivity index (χ1n) is 9.23. The molecule has 1 aliphatic rings. The van der Waals surface area contributed by atoms with Crippen LogP contribution in [0.1, 0.15) is 34.0 Å². The Bertz CT molecular complexity index is 1130. The second-order valence-corrected chi connectivity index (χ2v) is 7.68. The molecule has 0 N–H and O–H groups in total. The van der Waals surface area contributed by atoms with Crippen LogP contribution in [0.4, 0.5) is 0 Å². The van der Waals surface area contributed by atoms with Gasteiger partial charge in [-0.15, -0.1) is 5.10 Å². The van der Waals surface area contributed by atoms with Crippen molar-refractivity contribution in [1.82, 2.24) is 19.6 Å². The van der Waals surface area contributed by atoms with E-state index in [0.717, 1.165) is 17.3 Å². The summed E-state index contributed by atoms with van der Waals surface area (Å²) < 4.78 is 16.9. The molecule has 1 aromatic carbocycles. The molecule has 1 atom stereocenters. The fourth-order valence-electron chi connectivity index (χ4n) is 3.48. The lowest BCUT2D eigenvalue weighted by Crippen LogP contribution is -2.21. The third-order valence-corrected chi connectivity index (χ3v) is 5.80. The van der Waals surface area contributed by atoms with Crippen molar-refractivity contribution in [2.24, 2.45) is 0 Å². The SMILES string of the molecule is COC(=O)CSc1nc2nc3c(cn2n1)C(=O)C[C@@H](c1ccc(OC)cc1OC)C3.